The van der Waals surface area contributed by atoms with E-state index < -0.39 is 5.97 Å². The summed E-state index contributed by atoms with van der Waals surface area (Å²) in [6, 6.07) is -0.312. The number of hydrogen-bond donors (Lipinski definition) is 4. The molecule has 0 rings (SSSR count). The summed E-state index contributed by atoms with van der Waals surface area (Å²) in [6.45, 7) is 4.18. The standard InChI is InChI=1S/C13H25N3O4/c1-10(2)16-11(17)9-15-13(20)14-8-6-4-3-5-7-12(18)19/h10H,3-9H2,1-2H3,(H,16,17)(H,18,19)(H2,14,15,20). The Morgan fingerprint density at radius 3 is 2.25 bits per heavy atom. The number of rotatable bonds is 10. The van der Waals surface area contributed by atoms with E-state index in [9.17, 15) is 14.4 Å². The van der Waals surface area contributed by atoms with Crippen molar-refractivity contribution in [2.45, 2.75) is 52.0 Å². The second-order valence-corrected chi connectivity index (χ2v) is 4.89. The molecule has 0 spiro atoms. The molecule has 0 radical (unpaired) electrons. The van der Waals surface area contributed by atoms with E-state index in [2.05, 4.69) is 16.0 Å². The van der Waals surface area contributed by atoms with Crippen LogP contribution in [0.2, 0.25) is 0 Å². The predicted molar refractivity (Wildman–Crippen MR) is 75.4 cm³/mol. The fourth-order valence-corrected chi connectivity index (χ4v) is 1.55. The molecular weight excluding hydrogens is 262 g/mol. The number of urea groups is 1. The molecule has 0 aliphatic carbocycles. The van der Waals surface area contributed by atoms with Gasteiger partial charge in [0.15, 0.2) is 0 Å². The molecule has 0 atom stereocenters. The van der Waals surface area contributed by atoms with Crippen LogP contribution in [0.3, 0.4) is 0 Å². The molecule has 0 aliphatic heterocycles. The summed E-state index contributed by atoms with van der Waals surface area (Å²) in [5.41, 5.74) is 0. The quantitative estimate of drug-likeness (QED) is 0.447. The van der Waals surface area contributed by atoms with Crippen LogP contribution < -0.4 is 16.0 Å². The zero-order valence-electron chi connectivity index (χ0n) is 12.2. The average molecular weight is 287 g/mol. The lowest BCUT2D eigenvalue weighted by atomic mass is 10.1. The Balaban J connectivity index is 3.41. The normalized spacial score (nSPS) is 10.2. The fraction of sp³-hybridized carbons (Fsp3) is 0.769. The molecule has 0 aliphatic rings. The lowest BCUT2D eigenvalue weighted by Gasteiger charge is -2.10. The van der Waals surface area contributed by atoms with Gasteiger partial charge in [-0.1, -0.05) is 12.8 Å². The molecule has 116 valence electrons. The van der Waals surface area contributed by atoms with Gasteiger partial charge in [-0.05, 0) is 26.7 Å². The number of amides is 3. The van der Waals surface area contributed by atoms with Gasteiger partial charge < -0.3 is 21.1 Å². The molecule has 20 heavy (non-hydrogen) atoms. The minimum absolute atomic E-state index is 0.0391. The maximum Gasteiger partial charge on any atom is 0.315 e. The second-order valence-electron chi connectivity index (χ2n) is 4.89. The number of carbonyl (C=O) groups excluding carboxylic acids is 2. The Morgan fingerprint density at radius 2 is 1.65 bits per heavy atom. The van der Waals surface area contributed by atoms with E-state index >= 15 is 0 Å². The highest BCUT2D eigenvalue weighted by Crippen LogP contribution is 2.01. The lowest BCUT2D eigenvalue weighted by Crippen LogP contribution is -2.43. The summed E-state index contributed by atoms with van der Waals surface area (Å²) in [4.78, 5) is 32.9. The molecule has 0 heterocycles. The van der Waals surface area contributed by atoms with E-state index in [0.29, 0.717) is 13.0 Å². The van der Waals surface area contributed by atoms with Crippen molar-refractivity contribution in [1.29, 1.82) is 0 Å². The third-order valence-electron chi connectivity index (χ3n) is 2.46. The molecule has 0 aromatic heterocycles. The van der Waals surface area contributed by atoms with Crippen molar-refractivity contribution >= 4 is 17.9 Å². The first-order chi connectivity index (χ1) is 9.41. The molecule has 4 N–H and O–H groups in total. The van der Waals surface area contributed by atoms with E-state index in [1.807, 2.05) is 13.8 Å². The summed E-state index contributed by atoms with van der Waals surface area (Å²) in [6.07, 6.45) is 3.37. The predicted octanol–water partition coefficient (Wildman–Crippen LogP) is 0.845. The van der Waals surface area contributed by atoms with Crippen LogP contribution in [0.25, 0.3) is 0 Å². The van der Waals surface area contributed by atoms with Gasteiger partial charge in [0.05, 0.1) is 6.54 Å². The second kappa shape index (κ2) is 11.1. The first kappa shape index (κ1) is 18.2. The van der Waals surface area contributed by atoms with Gasteiger partial charge in [0.2, 0.25) is 5.91 Å². The largest absolute Gasteiger partial charge is 0.481 e. The van der Waals surface area contributed by atoms with Crippen LogP contribution in [0.1, 0.15) is 46.0 Å². The van der Waals surface area contributed by atoms with Gasteiger partial charge in [-0.15, -0.1) is 0 Å². The Labute approximate surface area is 119 Å². The fourth-order valence-electron chi connectivity index (χ4n) is 1.55. The Bertz CT molecular complexity index is 319. The molecule has 0 saturated carbocycles. The molecule has 3 amide bonds. The van der Waals surface area contributed by atoms with E-state index in [-0.39, 0.29) is 30.9 Å². The van der Waals surface area contributed by atoms with Gasteiger partial charge in [0, 0.05) is 19.0 Å². The molecule has 7 heteroatoms. The molecule has 7 nitrogen and oxygen atoms in total. The highest BCUT2D eigenvalue weighted by atomic mass is 16.4. The summed E-state index contributed by atoms with van der Waals surface area (Å²) in [7, 11) is 0. The van der Waals surface area contributed by atoms with Gasteiger partial charge in [-0.2, -0.15) is 0 Å². The number of aliphatic carboxylic acids is 1. The molecular formula is C13H25N3O4. The van der Waals surface area contributed by atoms with Gasteiger partial charge in [0.25, 0.3) is 0 Å². The van der Waals surface area contributed by atoms with Gasteiger partial charge in [-0.25, -0.2) is 4.79 Å². The summed E-state index contributed by atoms with van der Waals surface area (Å²) in [5, 5.41) is 16.2. The van der Waals surface area contributed by atoms with Gasteiger partial charge in [0.1, 0.15) is 0 Å². The zero-order chi connectivity index (χ0) is 15.4. The minimum Gasteiger partial charge on any atom is -0.481 e. The molecule has 0 aromatic carbocycles. The minimum atomic E-state index is -0.776. The van der Waals surface area contributed by atoms with Crippen molar-refractivity contribution in [1.82, 2.24) is 16.0 Å². The zero-order valence-corrected chi connectivity index (χ0v) is 12.2. The third-order valence-corrected chi connectivity index (χ3v) is 2.46. The first-order valence-electron chi connectivity index (χ1n) is 6.94. The van der Waals surface area contributed by atoms with Crippen LogP contribution in [0.5, 0.6) is 0 Å². The Kier molecular flexibility index (Phi) is 10.1. The van der Waals surface area contributed by atoms with E-state index in [4.69, 9.17) is 5.11 Å². The summed E-state index contributed by atoms with van der Waals surface area (Å²) in [5.74, 6) is -0.994. The van der Waals surface area contributed by atoms with Crippen LogP contribution in [0, 0.1) is 0 Å². The van der Waals surface area contributed by atoms with Crippen molar-refractivity contribution in [2.75, 3.05) is 13.1 Å². The monoisotopic (exact) mass is 287 g/mol. The van der Waals surface area contributed by atoms with Crippen LogP contribution in [-0.2, 0) is 9.59 Å². The maximum absolute atomic E-state index is 11.3. The number of hydrogen-bond acceptors (Lipinski definition) is 3. The number of carboxylic acid groups (broad SMARTS) is 1. The van der Waals surface area contributed by atoms with Crippen molar-refractivity contribution < 1.29 is 19.5 Å². The van der Waals surface area contributed by atoms with Crippen molar-refractivity contribution in [2.24, 2.45) is 0 Å². The number of unbranched alkanes of at least 4 members (excludes halogenated alkanes) is 3. The number of carboxylic acids is 1. The highest BCUT2D eigenvalue weighted by molar-refractivity contribution is 5.83. The molecule has 0 aromatic rings. The Morgan fingerprint density at radius 1 is 1.00 bits per heavy atom. The van der Waals surface area contributed by atoms with Crippen LogP contribution in [0.15, 0.2) is 0 Å². The van der Waals surface area contributed by atoms with Gasteiger partial charge in [-0.3, -0.25) is 9.59 Å². The van der Waals surface area contributed by atoms with Crippen LogP contribution in [-0.4, -0.2) is 42.1 Å². The van der Waals surface area contributed by atoms with Crippen LogP contribution in [0.4, 0.5) is 4.79 Å². The summed E-state index contributed by atoms with van der Waals surface area (Å²) >= 11 is 0. The molecule has 0 saturated heterocycles. The smallest absolute Gasteiger partial charge is 0.315 e. The number of carbonyl (C=O) groups is 3. The molecule has 0 fully saturated rings. The average Bonchev–Trinajstić information content (AvgIpc) is 2.34. The highest BCUT2D eigenvalue weighted by Gasteiger charge is 2.05. The van der Waals surface area contributed by atoms with Crippen molar-refractivity contribution in [3.05, 3.63) is 0 Å². The van der Waals surface area contributed by atoms with E-state index in [1.165, 1.54) is 0 Å². The maximum atomic E-state index is 11.3. The summed E-state index contributed by atoms with van der Waals surface area (Å²) < 4.78 is 0. The van der Waals surface area contributed by atoms with Crippen molar-refractivity contribution in [3.8, 4) is 0 Å². The topological polar surface area (TPSA) is 108 Å². The van der Waals surface area contributed by atoms with Crippen LogP contribution >= 0.6 is 0 Å². The molecule has 0 unspecified atom stereocenters. The number of nitrogens with one attached hydrogen (secondary N) is 3. The Hall–Kier alpha value is -1.79. The van der Waals surface area contributed by atoms with Crippen molar-refractivity contribution in [3.63, 3.8) is 0 Å². The van der Waals surface area contributed by atoms with E-state index in [0.717, 1.165) is 19.3 Å². The first-order valence-corrected chi connectivity index (χ1v) is 6.94. The SMILES string of the molecule is CC(C)NC(=O)CNC(=O)NCCCCCCC(=O)O. The molecule has 0 bridgehead atoms. The van der Waals surface area contributed by atoms with E-state index in [1.54, 1.807) is 0 Å². The van der Waals surface area contributed by atoms with Gasteiger partial charge >= 0.3 is 12.0 Å². The lowest BCUT2D eigenvalue weighted by molar-refractivity contribution is -0.137. The third kappa shape index (κ3) is 12.7.